The van der Waals surface area contributed by atoms with E-state index in [1.165, 1.54) is 6.08 Å². The van der Waals surface area contributed by atoms with E-state index in [9.17, 15) is 4.79 Å². The Morgan fingerprint density at radius 1 is 1.19 bits per heavy atom. The van der Waals surface area contributed by atoms with Crippen molar-refractivity contribution < 1.29 is 13.9 Å². The first-order valence-electron chi connectivity index (χ1n) is 7.70. The van der Waals surface area contributed by atoms with E-state index < -0.39 is 5.97 Å². The zero-order chi connectivity index (χ0) is 18.4. The van der Waals surface area contributed by atoms with Crippen molar-refractivity contribution in [2.75, 3.05) is 0 Å². The maximum atomic E-state index is 11.8. The van der Waals surface area contributed by atoms with E-state index in [0.29, 0.717) is 22.2 Å². The molecule has 0 N–H and O–H groups in total. The van der Waals surface area contributed by atoms with Crippen LogP contribution in [-0.2, 0) is 16.1 Å². The molecule has 0 aliphatic rings. The van der Waals surface area contributed by atoms with Gasteiger partial charge in [-0.2, -0.15) is 5.26 Å². The molecule has 1 aromatic heterocycles. The van der Waals surface area contributed by atoms with Crippen LogP contribution in [0.3, 0.4) is 0 Å². The van der Waals surface area contributed by atoms with Gasteiger partial charge in [0.2, 0.25) is 5.89 Å². The molecule has 0 saturated heterocycles. The molecule has 6 heteroatoms. The Morgan fingerprint density at radius 2 is 1.92 bits per heavy atom. The van der Waals surface area contributed by atoms with Crippen LogP contribution in [0.2, 0.25) is 5.02 Å². The average Bonchev–Trinajstić information content (AvgIpc) is 3.14. The van der Waals surface area contributed by atoms with Crippen LogP contribution < -0.4 is 0 Å². The van der Waals surface area contributed by atoms with E-state index >= 15 is 0 Å². The second-order valence-corrected chi connectivity index (χ2v) is 5.74. The molecule has 0 aliphatic heterocycles. The molecular weight excluding hydrogens is 352 g/mol. The second-order valence-electron chi connectivity index (χ2n) is 5.30. The predicted octanol–water partition coefficient (Wildman–Crippen LogP) is 4.62. The van der Waals surface area contributed by atoms with Gasteiger partial charge in [0.15, 0.2) is 12.4 Å². The number of aromatic nitrogens is 1. The van der Waals surface area contributed by atoms with Crippen LogP contribution in [0.15, 0.2) is 65.2 Å². The molecule has 0 unspecified atom stereocenters. The number of hydrogen-bond donors (Lipinski definition) is 0. The molecule has 3 aromatic rings. The van der Waals surface area contributed by atoms with Crippen LogP contribution in [0.4, 0.5) is 0 Å². The minimum atomic E-state index is -0.513. The number of nitrogens with zero attached hydrogens (tertiary/aromatic N) is 2. The van der Waals surface area contributed by atoms with Gasteiger partial charge in [-0.15, -0.1) is 0 Å². The van der Waals surface area contributed by atoms with Crippen LogP contribution in [-0.4, -0.2) is 11.0 Å². The highest BCUT2D eigenvalue weighted by Crippen LogP contribution is 2.22. The number of nitriles is 1. The lowest BCUT2D eigenvalue weighted by Crippen LogP contribution is -2.00. The summed E-state index contributed by atoms with van der Waals surface area (Å²) in [4.78, 5) is 15.9. The number of esters is 1. The average molecular weight is 365 g/mol. The Bertz CT molecular complexity index is 968. The summed E-state index contributed by atoms with van der Waals surface area (Å²) in [5, 5.41) is 9.38. The molecule has 2 aromatic carbocycles. The van der Waals surface area contributed by atoms with Gasteiger partial charge >= 0.3 is 5.97 Å². The van der Waals surface area contributed by atoms with Crippen LogP contribution in [0.5, 0.6) is 0 Å². The topological polar surface area (TPSA) is 76.1 Å². The molecule has 0 radical (unpaired) electrons. The quantitative estimate of drug-likeness (QED) is 0.487. The third-order valence-electron chi connectivity index (χ3n) is 3.47. The van der Waals surface area contributed by atoms with E-state index in [1.54, 1.807) is 48.7 Å². The zero-order valence-corrected chi connectivity index (χ0v) is 14.3. The number of carbonyl (C=O) groups excluding carboxylic acids is 1. The zero-order valence-electron chi connectivity index (χ0n) is 13.6. The van der Waals surface area contributed by atoms with Gasteiger partial charge in [0.05, 0.1) is 17.8 Å². The van der Waals surface area contributed by atoms with E-state index in [-0.39, 0.29) is 6.61 Å². The first-order chi connectivity index (χ1) is 12.6. The Morgan fingerprint density at radius 3 is 2.62 bits per heavy atom. The van der Waals surface area contributed by atoms with Crippen LogP contribution in [0.1, 0.15) is 17.0 Å². The third kappa shape index (κ3) is 4.59. The van der Waals surface area contributed by atoms with Crippen molar-refractivity contribution in [2.24, 2.45) is 0 Å². The summed E-state index contributed by atoms with van der Waals surface area (Å²) in [7, 11) is 0. The van der Waals surface area contributed by atoms with Gasteiger partial charge in [0.1, 0.15) is 0 Å². The monoisotopic (exact) mass is 364 g/mol. The summed E-state index contributed by atoms with van der Waals surface area (Å²) in [5.74, 6) is 0.358. The summed E-state index contributed by atoms with van der Waals surface area (Å²) in [6.07, 6.45) is 4.49. The normalized spacial score (nSPS) is 10.6. The molecule has 26 heavy (non-hydrogen) atoms. The summed E-state index contributed by atoms with van der Waals surface area (Å²) in [6.45, 7) is -0.0653. The number of ether oxygens (including phenoxy) is 1. The van der Waals surface area contributed by atoms with E-state index in [1.807, 2.05) is 18.2 Å². The lowest BCUT2D eigenvalue weighted by atomic mass is 10.1. The van der Waals surface area contributed by atoms with Gasteiger partial charge in [0, 0.05) is 16.7 Å². The van der Waals surface area contributed by atoms with Crippen LogP contribution >= 0.6 is 11.6 Å². The van der Waals surface area contributed by atoms with Crippen molar-refractivity contribution in [1.82, 2.24) is 4.98 Å². The molecule has 0 atom stereocenters. The highest BCUT2D eigenvalue weighted by Gasteiger charge is 2.08. The summed E-state index contributed by atoms with van der Waals surface area (Å²) < 4.78 is 10.7. The highest BCUT2D eigenvalue weighted by molar-refractivity contribution is 6.30. The Balaban J connectivity index is 1.55. The van der Waals surface area contributed by atoms with Gasteiger partial charge < -0.3 is 9.15 Å². The lowest BCUT2D eigenvalue weighted by Gasteiger charge is -1.99. The molecule has 5 nitrogen and oxygen atoms in total. The molecule has 1 heterocycles. The van der Waals surface area contributed by atoms with E-state index in [4.69, 9.17) is 26.0 Å². The molecule has 0 amide bonds. The molecular formula is C20H13ClN2O3. The standard InChI is InChI=1S/C20H13ClN2O3/c21-17-8-6-16(7-9-17)18-12-23-19(26-18)13-25-20(24)10-5-14-1-3-15(11-22)4-2-14/h1-10,12H,13H2/b10-5+. The maximum absolute atomic E-state index is 11.8. The highest BCUT2D eigenvalue weighted by atomic mass is 35.5. The summed E-state index contributed by atoms with van der Waals surface area (Å²) in [5.41, 5.74) is 2.19. The number of halogens is 1. The van der Waals surface area contributed by atoms with Gasteiger partial charge in [-0.25, -0.2) is 9.78 Å². The van der Waals surface area contributed by atoms with Crippen LogP contribution in [0.25, 0.3) is 17.4 Å². The molecule has 0 aliphatic carbocycles. The number of benzene rings is 2. The number of hydrogen-bond acceptors (Lipinski definition) is 5. The minimum absolute atomic E-state index is 0.0653. The van der Waals surface area contributed by atoms with Crippen molar-refractivity contribution in [3.63, 3.8) is 0 Å². The third-order valence-corrected chi connectivity index (χ3v) is 3.72. The van der Waals surface area contributed by atoms with Gasteiger partial charge in [-0.3, -0.25) is 0 Å². The predicted molar refractivity (Wildman–Crippen MR) is 96.9 cm³/mol. The second kappa shape index (κ2) is 8.15. The minimum Gasteiger partial charge on any atom is -0.453 e. The largest absolute Gasteiger partial charge is 0.453 e. The fourth-order valence-electron chi connectivity index (χ4n) is 2.14. The first-order valence-corrected chi connectivity index (χ1v) is 8.07. The lowest BCUT2D eigenvalue weighted by molar-refractivity contribution is -0.139. The van der Waals surface area contributed by atoms with E-state index in [0.717, 1.165) is 11.1 Å². The molecule has 0 spiro atoms. The van der Waals surface area contributed by atoms with Crippen molar-refractivity contribution in [3.8, 4) is 17.4 Å². The van der Waals surface area contributed by atoms with E-state index in [2.05, 4.69) is 4.98 Å². The fraction of sp³-hybridized carbons (Fsp3) is 0.0500. The van der Waals surface area contributed by atoms with Crippen molar-refractivity contribution in [2.45, 2.75) is 6.61 Å². The number of oxazole rings is 1. The number of rotatable bonds is 5. The first kappa shape index (κ1) is 17.5. The van der Waals surface area contributed by atoms with Crippen molar-refractivity contribution in [1.29, 1.82) is 5.26 Å². The van der Waals surface area contributed by atoms with Gasteiger partial charge in [-0.1, -0.05) is 23.7 Å². The molecule has 0 bridgehead atoms. The van der Waals surface area contributed by atoms with Crippen molar-refractivity contribution >= 4 is 23.6 Å². The Kier molecular flexibility index (Phi) is 5.47. The Labute approximate surface area is 155 Å². The fourth-order valence-corrected chi connectivity index (χ4v) is 2.26. The smallest absolute Gasteiger partial charge is 0.331 e. The van der Waals surface area contributed by atoms with Gasteiger partial charge in [0.25, 0.3) is 0 Å². The molecule has 0 fully saturated rings. The summed E-state index contributed by atoms with van der Waals surface area (Å²) >= 11 is 5.85. The molecule has 3 rings (SSSR count). The summed E-state index contributed by atoms with van der Waals surface area (Å²) in [6, 6.07) is 16.0. The number of carbonyl (C=O) groups is 1. The maximum Gasteiger partial charge on any atom is 0.331 e. The Hall–Kier alpha value is -3.36. The molecule has 128 valence electrons. The van der Waals surface area contributed by atoms with Crippen molar-refractivity contribution in [3.05, 3.63) is 82.8 Å². The van der Waals surface area contributed by atoms with Gasteiger partial charge in [-0.05, 0) is 48.0 Å². The molecule has 0 saturated carbocycles. The SMILES string of the molecule is N#Cc1ccc(/C=C/C(=O)OCc2ncc(-c3ccc(Cl)cc3)o2)cc1. The van der Waals surface area contributed by atoms with Crippen LogP contribution in [0, 0.1) is 11.3 Å².